The average Bonchev–Trinajstić information content (AvgIpc) is 2.65. The van der Waals surface area contributed by atoms with Gasteiger partial charge in [0.05, 0.1) is 11.9 Å². The van der Waals surface area contributed by atoms with Gasteiger partial charge in [0.15, 0.2) is 0 Å². The third-order valence-corrected chi connectivity index (χ3v) is 3.59. The Balaban J connectivity index is 1.92. The molecule has 2 saturated heterocycles. The van der Waals surface area contributed by atoms with Crippen LogP contribution in [0.4, 0.5) is 10.1 Å². The maximum atomic E-state index is 13.2. The maximum Gasteiger partial charge on any atom is 0.230 e. The molecule has 2 aliphatic rings. The lowest BCUT2D eigenvalue weighted by atomic mass is 10.0. The molecule has 88 valence electrons. The highest BCUT2D eigenvalue weighted by molar-refractivity contribution is 5.51. The van der Waals surface area contributed by atoms with Crippen LogP contribution in [-0.2, 0) is 0 Å². The molecule has 1 aromatic heterocycles. The van der Waals surface area contributed by atoms with Crippen molar-refractivity contribution in [1.82, 2.24) is 10.3 Å². The second kappa shape index (κ2) is 3.97. The summed E-state index contributed by atoms with van der Waals surface area (Å²) >= 11 is 0. The number of anilines is 1. The fourth-order valence-electron chi connectivity index (χ4n) is 2.80. The molecule has 2 atom stereocenters. The predicted octanol–water partition coefficient (Wildman–Crippen LogP) is 0.890. The van der Waals surface area contributed by atoms with E-state index in [4.69, 9.17) is 5.26 Å². The van der Waals surface area contributed by atoms with Gasteiger partial charge in [-0.25, -0.2) is 4.98 Å². The van der Waals surface area contributed by atoms with E-state index in [1.165, 1.54) is 12.6 Å². The number of rotatable bonds is 1. The lowest BCUT2D eigenvalue weighted by molar-refractivity contribution is 0.434. The number of nitriles is 1. The first-order valence-electron chi connectivity index (χ1n) is 5.81. The van der Waals surface area contributed by atoms with Crippen LogP contribution < -0.4 is 10.2 Å². The van der Waals surface area contributed by atoms with Crippen LogP contribution in [0.1, 0.15) is 12.0 Å². The average molecular weight is 232 g/mol. The van der Waals surface area contributed by atoms with Crippen molar-refractivity contribution in [3.8, 4) is 6.07 Å². The highest BCUT2D eigenvalue weighted by atomic mass is 19.1. The number of pyridine rings is 1. The third-order valence-electron chi connectivity index (χ3n) is 3.59. The van der Waals surface area contributed by atoms with E-state index in [9.17, 15) is 4.39 Å². The molecule has 5 heteroatoms. The van der Waals surface area contributed by atoms with Crippen molar-refractivity contribution in [1.29, 1.82) is 5.26 Å². The van der Waals surface area contributed by atoms with Gasteiger partial charge in [-0.05, 0) is 24.9 Å². The number of fused-ring (bicyclic) bond motifs is 2. The summed E-state index contributed by atoms with van der Waals surface area (Å²) in [6.07, 6.45) is 2.70. The molecule has 2 fully saturated rings. The van der Waals surface area contributed by atoms with Gasteiger partial charge < -0.3 is 10.2 Å². The van der Waals surface area contributed by atoms with Crippen LogP contribution in [0.3, 0.4) is 0 Å². The van der Waals surface area contributed by atoms with E-state index in [1.54, 1.807) is 6.07 Å². The van der Waals surface area contributed by atoms with Gasteiger partial charge in [0.2, 0.25) is 5.95 Å². The van der Waals surface area contributed by atoms with Crippen molar-refractivity contribution in [2.45, 2.75) is 12.5 Å². The van der Waals surface area contributed by atoms with E-state index in [0.29, 0.717) is 12.0 Å². The maximum absolute atomic E-state index is 13.2. The first kappa shape index (κ1) is 10.5. The SMILES string of the molecule is N#Cc1cc(N2C[C@@H]3CNC[C@@H]2C3)cnc1F. The number of halogens is 1. The molecule has 0 aromatic carbocycles. The Labute approximate surface area is 99.1 Å². The third kappa shape index (κ3) is 1.75. The van der Waals surface area contributed by atoms with Gasteiger partial charge in [0.1, 0.15) is 11.6 Å². The van der Waals surface area contributed by atoms with Crippen molar-refractivity contribution < 1.29 is 4.39 Å². The molecule has 3 heterocycles. The molecule has 4 nitrogen and oxygen atoms in total. The van der Waals surface area contributed by atoms with Crippen LogP contribution >= 0.6 is 0 Å². The number of hydrogen-bond donors (Lipinski definition) is 1. The molecule has 2 aliphatic heterocycles. The Morgan fingerprint density at radius 3 is 3.18 bits per heavy atom. The summed E-state index contributed by atoms with van der Waals surface area (Å²) in [7, 11) is 0. The second-order valence-corrected chi connectivity index (χ2v) is 4.71. The number of piperidine rings is 1. The predicted molar refractivity (Wildman–Crippen MR) is 61.0 cm³/mol. The summed E-state index contributed by atoms with van der Waals surface area (Å²) in [5.41, 5.74) is 0.885. The Morgan fingerprint density at radius 2 is 2.41 bits per heavy atom. The topological polar surface area (TPSA) is 52.0 Å². The van der Waals surface area contributed by atoms with Crippen LogP contribution in [0.5, 0.6) is 0 Å². The fourth-order valence-corrected chi connectivity index (χ4v) is 2.80. The van der Waals surface area contributed by atoms with Crippen molar-refractivity contribution in [2.75, 3.05) is 24.5 Å². The van der Waals surface area contributed by atoms with Crippen molar-refractivity contribution in [3.05, 3.63) is 23.8 Å². The van der Waals surface area contributed by atoms with Gasteiger partial charge >= 0.3 is 0 Å². The molecule has 0 amide bonds. The lowest BCUT2D eigenvalue weighted by Crippen LogP contribution is -2.39. The molecular formula is C12H13FN4. The summed E-state index contributed by atoms with van der Waals surface area (Å²) < 4.78 is 13.2. The molecule has 2 bridgehead atoms. The van der Waals surface area contributed by atoms with Gasteiger partial charge in [-0.15, -0.1) is 0 Å². The molecule has 0 radical (unpaired) electrons. The molecule has 3 rings (SSSR count). The van der Waals surface area contributed by atoms with Crippen LogP contribution in [-0.4, -0.2) is 30.7 Å². The zero-order valence-electron chi connectivity index (χ0n) is 9.36. The zero-order valence-corrected chi connectivity index (χ0v) is 9.36. The minimum absolute atomic E-state index is 0.0249. The van der Waals surface area contributed by atoms with Gasteiger partial charge in [0.25, 0.3) is 0 Å². The van der Waals surface area contributed by atoms with Crippen molar-refractivity contribution >= 4 is 5.69 Å². The second-order valence-electron chi connectivity index (χ2n) is 4.71. The highest BCUT2D eigenvalue weighted by Gasteiger charge is 2.35. The number of aromatic nitrogens is 1. The summed E-state index contributed by atoms with van der Waals surface area (Å²) in [6, 6.07) is 3.89. The van der Waals surface area contributed by atoms with E-state index in [0.717, 1.165) is 25.3 Å². The van der Waals surface area contributed by atoms with Gasteiger partial charge in [-0.3, -0.25) is 0 Å². The molecule has 1 N–H and O–H groups in total. The monoisotopic (exact) mass is 232 g/mol. The summed E-state index contributed by atoms with van der Waals surface area (Å²) in [4.78, 5) is 5.89. The molecule has 0 spiro atoms. The van der Waals surface area contributed by atoms with E-state index >= 15 is 0 Å². The van der Waals surface area contributed by atoms with E-state index in [2.05, 4.69) is 15.2 Å². The molecule has 17 heavy (non-hydrogen) atoms. The Bertz CT molecular complexity index is 482. The van der Waals surface area contributed by atoms with Crippen LogP contribution in [0.2, 0.25) is 0 Å². The van der Waals surface area contributed by atoms with E-state index in [-0.39, 0.29) is 5.56 Å². The van der Waals surface area contributed by atoms with Crippen LogP contribution in [0.25, 0.3) is 0 Å². The van der Waals surface area contributed by atoms with Gasteiger partial charge in [-0.1, -0.05) is 0 Å². The summed E-state index contributed by atoms with van der Waals surface area (Å²) in [5, 5.41) is 12.2. The van der Waals surface area contributed by atoms with Crippen LogP contribution in [0.15, 0.2) is 12.3 Å². The number of nitrogens with one attached hydrogen (secondary N) is 1. The Kier molecular flexibility index (Phi) is 2.45. The minimum atomic E-state index is -0.684. The van der Waals surface area contributed by atoms with Gasteiger partial charge in [-0.2, -0.15) is 9.65 Å². The first-order chi connectivity index (χ1) is 8.28. The first-order valence-corrected chi connectivity index (χ1v) is 5.81. The zero-order chi connectivity index (χ0) is 11.8. The largest absolute Gasteiger partial charge is 0.366 e. The van der Waals surface area contributed by atoms with E-state index in [1.807, 2.05) is 6.07 Å². The molecule has 0 aliphatic carbocycles. The lowest BCUT2D eigenvalue weighted by Gasteiger charge is -2.26. The quantitative estimate of drug-likeness (QED) is 0.731. The molecule has 0 unspecified atom stereocenters. The number of nitrogens with zero attached hydrogens (tertiary/aromatic N) is 3. The summed E-state index contributed by atoms with van der Waals surface area (Å²) in [5.74, 6) is -0.0270. The standard InChI is InChI=1S/C12H13FN4/c13-12-9(3-14)2-11(6-16-12)17-7-8-1-10(17)5-15-4-8/h2,6,8,10,15H,1,4-5,7H2/t8-,10-/m0/s1. The molecule has 0 saturated carbocycles. The Morgan fingerprint density at radius 1 is 1.53 bits per heavy atom. The summed E-state index contributed by atoms with van der Waals surface area (Å²) in [6.45, 7) is 2.97. The Hall–Kier alpha value is -1.67. The van der Waals surface area contributed by atoms with Crippen molar-refractivity contribution in [3.63, 3.8) is 0 Å². The highest BCUT2D eigenvalue weighted by Crippen LogP contribution is 2.31. The van der Waals surface area contributed by atoms with Crippen molar-refractivity contribution in [2.24, 2.45) is 5.92 Å². The molecule has 1 aromatic rings. The van der Waals surface area contributed by atoms with Gasteiger partial charge in [0, 0.05) is 19.1 Å². The minimum Gasteiger partial charge on any atom is -0.366 e. The van der Waals surface area contributed by atoms with Crippen LogP contribution in [0, 0.1) is 23.2 Å². The smallest absolute Gasteiger partial charge is 0.230 e. The fraction of sp³-hybridized carbons (Fsp3) is 0.500. The number of hydrogen-bond acceptors (Lipinski definition) is 4. The van der Waals surface area contributed by atoms with E-state index < -0.39 is 5.95 Å². The normalized spacial score (nSPS) is 26.9. The molecular weight excluding hydrogens is 219 g/mol.